The van der Waals surface area contributed by atoms with Crippen LogP contribution in [0.5, 0.6) is 0 Å². The highest BCUT2D eigenvalue weighted by atomic mass is 16.7. The summed E-state index contributed by atoms with van der Waals surface area (Å²) in [4.78, 5) is 23.2. The number of hydrogen-bond acceptors (Lipinski definition) is 7. The molecule has 2 saturated heterocycles. The molecule has 3 fully saturated rings. The fourth-order valence-corrected chi connectivity index (χ4v) is 3.25. The van der Waals surface area contributed by atoms with Gasteiger partial charge in [0.25, 0.3) is 0 Å². The van der Waals surface area contributed by atoms with Crippen molar-refractivity contribution >= 4 is 11.9 Å². The predicted molar refractivity (Wildman–Crippen MR) is 74.6 cm³/mol. The second kappa shape index (κ2) is 5.02. The molecular formula is C16H16O7. The van der Waals surface area contributed by atoms with E-state index >= 15 is 0 Å². The molecule has 3 aliphatic rings. The molecule has 2 heterocycles. The Morgan fingerprint density at radius 1 is 1.26 bits per heavy atom. The zero-order valence-electron chi connectivity index (χ0n) is 12.4. The number of aliphatic hydroxyl groups is 1. The van der Waals surface area contributed by atoms with Crippen molar-refractivity contribution in [2.24, 2.45) is 0 Å². The van der Waals surface area contributed by atoms with Crippen molar-refractivity contribution in [2.45, 2.75) is 43.0 Å². The molecule has 122 valence electrons. The lowest BCUT2D eigenvalue weighted by molar-refractivity contribution is -0.158. The maximum Gasteiger partial charge on any atom is 0.338 e. The molecule has 2 aliphatic heterocycles. The molecule has 6 unspecified atom stereocenters. The Hall–Kier alpha value is -1.96. The molecule has 0 radical (unpaired) electrons. The molecule has 7 nitrogen and oxygen atoms in total. The first-order valence-electron chi connectivity index (χ1n) is 7.44. The minimum absolute atomic E-state index is 0.114. The van der Waals surface area contributed by atoms with Crippen molar-refractivity contribution < 1.29 is 33.6 Å². The van der Waals surface area contributed by atoms with Crippen LogP contribution >= 0.6 is 0 Å². The van der Waals surface area contributed by atoms with Gasteiger partial charge in [0, 0.05) is 6.92 Å². The van der Waals surface area contributed by atoms with Crippen LogP contribution in [0, 0.1) is 0 Å². The summed E-state index contributed by atoms with van der Waals surface area (Å²) in [6, 6.07) is 8.56. The van der Waals surface area contributed by atoms with Gasteiger partial charge in [-0.05, 0) is 12.1 Å². The second-order valence-corrected chi connectivity index (χ2v) is 6.02. The van der Waals surface area contributed by atoms with Gasteiger partial charge in [-0.2, -0.15) is 0 Å². The fourth-order valence-electron chi connectivity index (χ4n) is 3.25. The van der Waals surface area contributed by atoms with Crippen molar-refractivity contribution in [3.8, 4) is 0 Å². The summed E-state index contributed by atoms with van der Waals surface area (Å²) in [6.45, 7) is 1.16. The number of epoxide rings is 2. The van der Waals surface area contributed by atoms with Crippen LogP contribution in [0.25, 0.3) is 0 Å². The van der Waals surface area contributed by atoms with Gasteiger partial charge in [-0.15, -0.1) is 0 Å². The lowest BCUT2D eigenvalue weighted by Gasteiger charge is -2.28. The van der Waals surface area contributed by atoms with E-state index in [1.807, 2.05) is 0 Å². The van der Waals surface area contributed by atoms with Gasteiger partial charge in [0.15, 0.2) is 11.7 Å². The Bertz CT molecular complexity index is 645. The second-order valence-electron chi connectivity index (χ2n) is 6.02. The van der Waals surface area contributed by atoms with Gasteiger partial charge in [0.05, 0.1) is 5.56 Å². The Morgan fingerprint density at radius 2 is 2.00 bits per heavy atom. The lowest BCUT2D eigenvalue weighted by atomic mass is 9.84. The van der Waals surface area contributed by atoms with Gasteiger partial charge >= 0.3 is 11.9 Å². The smallest absolute Gasteiger partial charge is 0.338 e. The summed E-state index contributed by atoms with van der Waals surface area (Å²) in [5, 5.41) is 10.5. The number of benzene rings is 1. The zero-order chi connectivity index (χ0) is 16.2. The normalized spacial score (nSPS) is 39.7. The van der Waals surface area contributed by atoms with E-state index in [1.54, 1.807) is 30.3 Å². The van der Waals surface area contributed by atoms with Gasteiger partial charge < -0.3 is 24.1 Å². The molecule has 1 N–H and O–H groups in total. The topological polar surface area (TPSA) is 97.9 Å². The van der Waals surface area contributed by atoms with Crippen LogP contribution in [0.4, 0.5) is 0 Å². The first kappa shape index (κ1) is 14.6. The van der Waals surface area contributed by atoms with Gasteiger partial charge in [0.2, 0.25) is 0 Å². The third-order valence-corrected chi connectivity index (χ3v) is 4.51. The summed E-state index contributed by atoms with van der Waals surface area (Å²) in [6.07, 6.45) is -2.80. The van der Waals surface area contributed by atoms with Crippen molar-refractivity contribution in [1.29, 1.82) is 0 Å². The fraction of sp³-hybridized carbons (Fsp3) is 0.500. The van der Waals surface area contributed by atoms with Crippen LogP contribution in [0.15, 0.2) is 30.3 Å². The van der Waals surface area contributed by atoms with Crippen molar-refractivity contribution in [3.05, 3.63) is 35.9 Å². The molecule has 1 aromatic rings. The molecule has 0 amide bonds. The molecule has 1 aliphatic carbocycles. The average molecular weight is 320 g/mol. The number of ether oxygens (including phenoxy) is 4. The Kier molecular flexibility index (Phi) is 3.19. The third kappa shape index (κ3) is 2.32. The Labute approximate surface area is 132 Å². The predicted octanol–water partition coefficient (Wildman–Crippen LogP) is 0.0546. The standard InChI is InChI=1S/C16H16O7/c1-8(17)21-11-10-12(22-10)14-16(23-14,13(11)18)7-20-15(19)9-5-3-2-4-6-9/h2-6,10-14,18H,7H2,1H3. The minimum Gasteiger partial charge on any atom is -0.459 e. The maximum atomic E-state index is 12.0. The molecule has 4 rings (SSSR count). The summed E-state index contributed by atoms with van der Waals surface area (Å²) < 4.78 is 21.4. The van der Waals surface area contributed by atoms with Crippen LogP contribution in [0.2, 0.25) is 0 Å². The number of hydrogen-bond donors (Lipinski definition) is 1. The maximum absolute atomic E-state index is 12.0. The number of aliphatic hydroxyl groups excluding tert-OH is 1. The quantitative estimate of drug-likeness (QED) is 0.618. The number of esters is 2. The molecule has 7 heteroatoms. The van der Waals surface area contributed by atoms with E-state index in [2.05, 4.69) is 0 Å². The van der Waals surface area contributed by atoms with Crippen LogP contribution in [-0.2, 0) is 23.7 Å². The van der Waals surface area contributed by atoms with Gasteiger partial charge in [-0.3, -0.25) is 4.79 Å². The SMILES string of the molecule is CC(=O)OC1C2OC2C2OC2(COC(=O)c2ccccc2)C1O. The molecule has 0 bridgehead atoms. The first-order valence-corrected chi connectivity index (χ1v) is 7.44. The Morgan fingerprint density at radius 3 is 2.70 bits per heavy atom. The molecular weight excluding hydrogens is 304 g/mol. The number of carbonyl (C=O) groups is 2. The molecule has 0 aromatic heterocycles. The van der Waals surface area contributed by atoms with Gasteiger partial charge in [-0.1, -0.05) is 18.2 Å². The van der Waals surface area contributed by atoms with Gasteiger partial charge in [-0.25, -0.2) is 4.79 Å². The monoisotopic (exact) mass is 320 g/mol. The van der Waals surface area contributed by atoms with E-state index < -0.39 is 29.7 Å². The summed E-state index contributed by atoms with van der Waals surface area (Å²) in [5.41, 5.74) is -0.633. The summed E-state index contributed by atoms with van der Waals surface area (Å²) in [5.74, 6) is -0.997. The van der Waals surface area contributed by atoms with Crippen molar-refractivity contribution in [2.75, 3.05) is 6.61 Å². The largest absolute Gasteiger partial charge is 0.459 e. The molecule has 23 heavy (non-hydrogen) atoms. The summed E-state index contributed by atoms with van der Waals surface area (Å²) in [7, 11) is 0. The van der Waals surface area contributed by atoms with Gasteiger partial charge in [0.1, 0.15) is 31.0 Å². The Balaban J connectivity index is 1.45. The van der Waals surface area contributed by atoms with Crippen LogP contribution in [0.1, 0.15) is 17.3 Å². The highest BCUT2D eigenvalue weighted by Gasteiger charge is 2.79. The van der Waals surface area contributed by atoms with E-state index in [0.717, 1.165) is 0 Å². The van der Waals surface area contributed by atoms with E-state index in [1.165, 1.54) is 6.92 Å². The summed E-state index contributed by atoms with van der Waals surface area (Å²) >= 11 is 0. The van der Waals surface area contributed by atoms with E-state index in [4.69, 9.17) is 18.9 Å². The number of carbonyl (C=O) groups excluding carboxylic acids is 2. The van der Waals surface area contributed by atoms with Crippen LogP contribution in [0.3, 0.4) is 0 Å². The number of fused-ring (bicyclic) bond motifs is 3. The number of rotatable bonds is 4. The molecule has 1 saturated carbocycles. The minimum atomic E-state index is -1.09. The van der Waals surface area contributed by atoms with Crippen LogP contribution < -0.4 is 0 Å². The molecule has 1 aromatic carbocycles. The average Bonchev–Trinajstić information content (AvgIpc) is 3.42. The zero-order valence-corrected chi connectivity index (χ0v) is 12.4. The van der Waals surface area contributed by atoms with E-state index in [0.29, 0.717) is 5.56 Å². The lowest BCUT2D eigenvalue weighted by Crippen LogP contribution is -2.53. The van der Waals surface area contributed by atoms with Crippen molar-refractivity contribution in [3.63, 3.8) is 0 Å². The van der Waals surface area contributed by atoms with Crippen LogP contribution in [-0.4, -0.2) is 59.8 Å². The molecule has 0 spiro atoms. The highest BCUT2D eigenvalue weighted by molar-refractivity contribution is 5.89. The van der Waals surface area contributed by atoms with Crippen molar-refractivity contribution in [1.82, 2.24) is 0 Å². The van der Waals surface area contributed by atoms with E-state index in [-0.39, 0.29) is 24.9 Å². The third-order valence-electron chi connectivity index (χ3n) is 4.51. The first-order chi connectivity index (χ1) is 11.0. The highest BCUT2D eigenvalue weighted by Crippen LogP contribution is 2.56. The molecule has 6 atom stereocenters. The van der Waals surface area contributed by atoms with E-state index in [9.17, 15) is 14.7 Å².